The van der Waals surface area contributed by atoms with Gasteiger partial charge in [0.1, 0.15) is 0 Å². The summed E-state index contributed by atoms with van der Waals surface area (Å²) in [6.45, 7) is 1.73. The number of aliphatic hydroxyl groups is 1. The van der Waals surface area contributed by atoms with Crippen LogP contribution in [0.15, 0.2) is 82.5 Å². The second-order valence-corrected chi connectivity index (χ2v) is 9.15. The number of furan rings is 1. The van der Waals surface area contributed by atoms with E-state index in [0.717, 1.165) is 23.1 Å². The van der Waals surface area contributed by atoms with Crippen molar-refractivity contribution < 1.29 is 37.0 Å². The van der Waals surface area contributed by atoms with Crippen molar-refractivity contribution in [3.05, 3.63) is 106 Å². The van der Waals surface area contributed by atoms with Crippen molar-refractivity contribution in [3.63, 3.8) is 0 Å². The number of methoxy groups -OCH3 is 1. The molecule has 0 fully saturated rings. The van der Waals surface area contributed by atoms with E-state index in [1.165, 1.54) is 25.3 Å². The molecule has 0 spiro atoms. The lowest BCUT2D eigenvalue weighted by molar-refractivity contribution is -0.137. The number of ether oxygens (including phenoxy) is 1. The van der Waals surface area contributed by atoms with E-state index in [-0.39, 0.29) is 28.4 Å². The second-order valence-electron chi connectivity index (χ2n) is 8.71. The summed E-state index contributed by atoms with van der Waals surface area (Å²) in [5.41, 5.74) is -0.113. The standard InChI is InChI=1S/C28H19ClF3NO5/c1-14-6-3-4-9-19(14)23-22(24(34)20-11-15-10-17(29)13-21(37-2)26(15)38-20)25(35)27(36)33(23)18-8-5-7-16(12-18)28(30,31)32/h3-13,23,35H,1-2H3. The number of aliphatic hydroxyl groups excluding tert-OH is 1. The molecule has 38 heavy (non-hydrogen) atoms. The van der Waals surface area contributed by atoms with Crippen LogP contribution < -0.4 is 9.64 Å². The number of hydrogen-bond donors (Lipinski definition) is 1. The van der Waals surface area contributed by atoms with Crippen LogP contribution in [0, 0.1) is 6.92 Å². The first-order chi connectivity index (χ1) is 18.0. The van der Waals surface area contributed by atoms with Gasteiger partial charge in [-0.1, -0.05) is 41.9 Å². The van der Waals surface area contributed by atoms with Crippen LogP contribution in [-0.2, 0) is 11.0 Å². The first kappa shape index (κ1) is 25.4. The number of nitrogens with zero attached hydrogens (tertiary/aromatic N) is 1. The molecule has 1 unspecified atom stereocenters. The molecule has 10 heteroatoms. The maximum absolute atomic E-state index is 13.8. The molecule has 0 bridgehead atoms. The molecular weight excluding hydrogens is 523 g/mol. The first-order valence-corrected chi connectivity index (χ1v) is 11.7. The van der Waals surface area contributed by atoms with Gasteiger partial charge >= 0.3 is 6.18 Å². The minimum Gasteiger partial charge on any atom is -0.503 e. The molecule has 4 aromatic rings. The van der Waals surface area contributed by atoms with Crippen molar-refractivity contribution >= 4 is 39.9 Å². The van der Waals surface area contributed by atoms with Gasteiger partial charge in [0, 0.05) is 22.2 Å². The minimum atomic E-state index is -4.67. The summed E-state index contributed by atoms with van der Waals surface area (Å²) >= 11 is 6.13. The molecule has 1 aliphatic heterocycles. The van der Waals surface area contributed by atoms with Gasteiger partial charge in [-0.25, -0.2) is 0 Å². The van der Waals surface area contributed by atoms with E-state index in [0.29, 0.717) is 21.5 Å². The maximum atomic E-state index is 13.8. The normalized spacial score (nSPS) is 16.0. The lowest BCUT2D eigenvalue weighted by Gasteiger charge is -2.28. The number of carbonyl (C=O) groups excluding carboxylic acids is 2. The van der Waals surface area contributed by atoms with Crippen LogP contribution >= 0.6 is 11.6 Å². The van der Waals surface area contributed by atoms with Crippen LogP contribution in [0.1, 0.15) is 33.3 Å². The average Bonchev–Trinajstić information content (AvgIpc) is 3.42. The first-order valence-electron chi connectivity index (χ1n) is 11.3. The number of Topliss-reactive ketones (excluding diaryl/α,β-unsaturated/α-hetero) is 1. The van der Waals surface area contributed by atoms with E-state index in [4.69, 9.17) is 20.8 Å². The predicted octanol–water partition coefficient (Wildman–Crippen LogP) is 7.20. The molecule has 1 atom stereocenters. The lowest BCUT2D eigenvalue weighted by Crippen LogP contribution is -2.31. The van der Waals surface area contributed by atoms with Crippen molar-refractivity contribution in [2.45, 2.75) is 19.1 Å². The van der Waals surface area contributed by atoms with E-state index in [1.54, 1.807) is 37.3 Å². The van der Waals surface area contributed by atoms with E-state index < -0.39 is 35.2 Å². The molecule has 1 amide bonds. The molecule has 194 valence electrons. The number of alkyl halides is 3. The molecule has 3 aromatic carbocycles. The number of benzene rings is 3. The molecule has 5 rings (SSSR count). The highest BCUT2D eigenvalue weighted by Gasteiger charge is 2.46. The SMILES string of the molecule is COc1cc(Cl)cc2cc(C(=O)C3=C(O)C(=O)N(c4cccc(C(F)(F)F)c4)C3c3ccccc3C)oc12. The summed E-state index contributed by atoms with van der Waals surface area (Å²) in [4.78, 5) is 28.1. The quantitative estimate of drug-likeness (QED) is 0.270. The van der Waals surface area contributed by atoms with E-state index in [1.807, 2.05) is 0 Å². The molecule has 0 aliphatic carbocycles. The Morgan fingerprint density at radius 1 is 1.08 bits per heavy atom. The van der Waals surface area contributed by atoms with Gasteiger partial charge in [0.2, 0.25) is 5.78 Å². The molecule has 0 radical (unpaired) electrons. The van der Waals surface area contributed by atoms with E-state index in [9.17, 15) is 27.9 Å². The zero-order valence-electron chi connectivity index (χ0n) is 20.0. The van der Waals surface area contributed by atoms with Crippen LogP contribution in [0.4, 0.5) is 18.9 Å². The molecule has 6 nitrogen and oxygen atoms in total. The Balaban J connectivity index is 1.69. The molecule has 2 heterocycles. The van der Waals surface area contributed by atoms with Gasteiger partial charge in [0.05, 0.1) is 24.3 Å². The van der Waals surface area contributed by atoms with E-state index >= 15 is 0 Å². The van der Waals surface area contributed by atoms with Crippen molar-refractivity contribution in [3.8, 4) is 5.75 Å². The molecular formula is C28H19ClF3NO5. The highest BCUT2D eigenvalue weighted by Crippen LogP contribution is 2.45. The third-order valence-electron chi connectivity index (χ3n) is 6.38. The summed E-state index contributed by atoms with van der Waals surface area (Å²) in [6, 6.07) is 14.2. The molecule has 1 aromatic heterocycles. The number of aryl methyl sites for hydroxylation is 1. The Morgan fingerprint density at radius 3 is 2.50 bits per heavy atom. The number of hydrogen-bond acceptors (Lipinski definition) is 5. The highest BCUT2D eigenvalue weighted by atomic mass is 35.5. The predicted molar refractivity (Wildman–Crippen MR) is 135 cm³/mol. The van der Waals surface area contributed by atoms with Crippen molar-refractivity contribution in [1.29, 1.82) is 0 Å². The number of carbonyl (C=O) groups is 2. The summed E-state index contributed by atoms with van der Waals surface area (Å²) in [7, 11) is 1.40. The van der Waals surface area contributed by atoms with Gasteiger partial charge in [0.15, 0.2) is 22.9 Å². The topological polar surface area (TPSA) is 80.0 Å². The largest absolute Gasteiger partial charge is 0.503 e. The average molecular weight is 542 g/mol. The maximum Gasteiger partial charge on any atom is 0.416 e. The number of anilines is 1. The molecule has 1 N–H and O–H groups in total. The fourth-order valence-electron chi connectivity index (χ4n) is 4.61. The Bertz CT molecular complexity index is 1640. The van der Waals surface area contributed by atoms with Crippen LogP contribution in [0.2, 0.25) is 5.02 Å². The van der Waals surface area contributed by atoms with E-state index in [2.05, 4.69) is 0 Å². The minimum absolute atomic E-state index is 0.134. The smallest absolute Gasteiger partial charge is 0.416 e. The zero-order valence-corrected chi connectivity index (χ0v) is 20.7. The Kier molecular flexibility index (Phi) is 6.19. The number of rotatable bonds is 5. The van der Waals surface area contributed by atoms with Crippen molar-refractivity contribution in [1.82, 2.24) is 0 Å². The van der Waals surface area contributed by atoms with Crippen LogP contribution in [0.5, 0.6) is 5.75 Å². The van der Waals surface area contributed by atoms with Crippen molar-refractivity contribution in [2.24, 2.45) is 0 Å². The van der Waals surface area contributed by atoms with Crippen LogP contribution in [0.25, 0.3) is 11.0 Å². The Morgan fingerprint density at radius 2 is 1.82 bits per heavy atom. The molecule has 0 saturated carbocycles. The molecule has 0 saturated heterocycles. The van der Waals surface area contributed by atoms with Crippen molar-refractivity contribution in [2.75, 3.05) is 12.0 Å². The fourth-order valence-corrected chi connectivity index (χ4v) is 4.82. The Labute approximate surface area is 219 Å². The number of ketones is 1. The van der Waals surface area contributed by atoms with Crippen LogP contribution in [-0.4, -0.2) is 23.9 Å². The zero-order chi connectivity index (χ0) is 27.4. The number of fused-ring (bicyclic) bond motifs is 1. The second kappa shape index (κ2) is 9.25. The van der Waals surface area contributed by atoms with Gasteiger partial charge in [0.25, 0.3) is 5.91 Å². The number of amides is 1. The molecule has 1 aliphatic rings. The van der Waals surface area contributed by atoms with Crippen LogP contribution in [0.3, 0.4) is 0 Å². The third kappa shape index (κ3) is 4.18. The number of halogens is 4. The summed E-state index contributed by atoms with van der Waals surface area (Å²) < 4.78 is 51.5. The Hall–Kier alpha value is -4.24. The summed E-state index contributed by atoms with van der Waals surface area (Å²) in [5, 5.41) is 11.7. The highest BCUT2D eigenvalue weighted by molar-refractivity contribution is 6.31. The van der Waals surface area contributed by atoms with Gasteiger partial charge in [-0.15, -0.1) is 0 Å². The lowest BCUT2D eigenvalue weighted by atomic mass is 9.92. The summed E-state index contributed by atoms with van der Waals surface area (Å²) in [6.07, 6.45) is -4.67. The van der Waals surface area contributed by atoms with Gasteiger partial charge < -0.3 is 14.3 Å². The van der Waals surface area contributed by atoms with Gasteiger partial charge in [-0.2, -0.15) is 13.2 Å². The summed E-state index contributed by atoms with van der Waals surface area (Å²) in [5.74, 6) is -2.65. The van der Waals surface area contributed by atoms with Gasteiger partial charge in [-0.3, -0.25) is 14.5 Å². The van der Waals surface area contributed by atoms with Gasteiger partial charge in [-0.05, 0) is 48.4 Å². The third-order valence-corrected chi connectivity index (χ3v) is 6.60. The monoisotopic (exact) mass is 541 g/mol. The fraction of sp³-hybridized carbons (Fsp3) is 0.143.